The lowest BCUT2D eigenvalue weighted by atomic mass is 10.0. The van der Waals surface area contributed by atoms with Crippen molar-refractivity contribution in [3.8, 4) is 17.2 Å². The smallest absolute Gasteiger partial charge is 0.328 e. The van der Waals surface area contributed by atoms with Crippen LogP contribution in [0.5, 0.6) is 17.2 Å². The molecule has 0 fully saturated rings. The van der Waals surface area contributed by atoms with Crippen LogP contribution >= 0.6 is 0 Å². The number of hydrogen-bond acceptors (Lipinski definition) is 9. The van der Waals surface area contributed by atoms with Crippen molar-refractivity contribution in [3.05, 3.63) is 144 Å². The average Bonchev–Trinajstić information content (AvgIpc) is 3.68. The van der Waals surface area contributed by atoms with Gasteiger partial charge in [0.2, 0.25) is 11.8 Å². The van der Waals surface area contributed by atoms with Crippen LogP contribution in [0.3, 0.4) is 0 Å². The fourth-order valence-electron chi connectivity index (χ4n) is 5.61. The molecule has 55 heavy (non-hydrogen) atoms. The van der Waals surface area contributed by atoms with Gasteiger partial charge in [0.05, 0.1) is 18.5 Å². The summed E-state index contributed by atoms with van der Waals surface area (Å²) >= 11 is 0. The van der Waals surface area contributed by atoms with Crippen LogP contribution in [0.15, 0.2) is 110 Å². The molecule has 0 aliphatic carbocycles. The molecule has 6 N–H and O–H groups in total. The second-order valence-corrected chi connectivity index (χ2v) is 12.7. The highest BCUT2D eigenvalue weighted by Gasteiger charge is 2.31. The summed E-state index contributed by atoms with van der Waals surface area (Å²) in [4.78, 5) is 58.8. The van der Waals surface area contributed by atoms with Crippen molar-refractivity contribution in [2.45, 2.75) is 50.4 Å². The molecule has 0 unspecified atom stereocenters. The Morgan fingerprint density at radius 1 is 0.673 bits per heavy atom. The first-order valence-electron chi connectivity index (χ1n) is 17.3. The summed E-state index contributed by atoms with van der Waals surface area (Å²) in [7, 11) is 0. The van der Waals surface area contributed by atoms with Gasteiger partial charge < -0.3 is 40.6 Å². The zero-order valence-electron chi connectivity index (χ0n) is 29.4. The third-order valence-corrected chi connectivity index (χ3v) is 8.52. The molecular formula is C40H39F2N5O8. The number of imidazole rings is 1. The molecule has 0 bridgehead atoms. The van der Waals surface area contributed by atoms with E-state index in [2.05, 4.69) is 20.9 Å². The van der Waals surface area contributed by atoms with E-state index < -0.39 is 59.0 Å². The van der Waals surface area contributed by atoms with Crippen LogP contribution in [0.2, 0.25) is 0 Å². The zero-order valence-corrected chi connectivity index (χ0v) is 29.4. The molecule has 0 saturated carbocycles. The van der Waals surface area contributed by atoms with Crippen molar-refractivity contribution in [2.75, 3.05) is 6.61 Å². The monoisotopic (exact) mass is 755 g/mol. The van der Waals surface area contributed by atoms with E-state index in [-0.39, 0.29) is 43.1 Å². The molecule has 15 heteroatoms. The van der Waals surface area contributed by atoms with Crippen molar-refractivity contribution in [1.29, 1.82) is 0 Å². The fourth-order valence-corrected chi connectivity index (χ4v) is 5.61. The summed E-state index contributed by atoms with van der Waals surface area (Å²) in [5.74, 6) is -5.58. The van der Waals surface area contributed by atoms with Gasteiger partial charge in [-0.25, -0.2) is 18.6 Å². The Morgan fingerprint density at radius 3 is 1.65 bits per heavy atom. The third-order valence-electron chi connectivity index (χ3n) is 8.52. The molecule has 5 aromatic rings. The van der Waals surface area contributed by atoms with E-state index in [9.17, 15) is 43.3 Å². The summed E-state index contributed by atoms with van der Waals surface area (Å²) in [5.41, 5.74) is 1.07. The van der Waals surface area contributed by atoms with Gasteiger partial charge in [0.15, 0.2) is 0 Å². The predicted molar refractivity (Wildman–Crippen MR) is 195 cm³/mol. The molecule has 4 aromatic carbocycles. The fraction of sp³-hybridized carbons (Fsp3) is 0.225. The molecule has 13 nitrogen and oxygen atoms in total. The van der Waals surface area contributed by atoms with Crippen LogP contribution in [0, 0.1) is 11.6 Å². The van der Waals surface area contributed by atoms with Crippen LogP contribution in [-0.4, -0.2) is 73.3 Å². The van der Waals surface area contributed by atoms with Crippen LogP contribution in [0.1, 0.15) is 33.5 Å². The molecule has 0 aliphatic heterocycles. The molecule has 0 saturated heterocycles. The molecule has 5 rings (SSSR count). The second-order valence-electron chi connectivity index (χ2n) is 12.7. The molecule has 3 amide bonds. The highest BCUT2D eigenvalue weighted by atomic mass is 19.1. The van der Waals surface area contributed by atoms with Crippen molar-refractivity contribution in [1.82, 2.24) is 25.5 Å². The largest absolute Gasteiger partial charge is 0.508 e. The Bertz CT molecular complexity index is 2060. The maximum absolute atomic E-state index is 14.6. The number of carbonyl (C=O) groups excluding carboxylic acids is 4. The number of amides is 3. The molecular weight excluding hydrogens is 716 g/mol. The summed E-state index contributed by atoms with van der Waals surface area (Å²) in [6.07, 6.45) is 5.14. The van der Waals surface area contributed by atoms with E-state index in [1.165, 1.54) is 60.7 Å². The molecule has 0 radical (unpaired) electrons. The molecule has 0 aliphatic rings. The maximum atomic E-state index is 14.6. The maximum Gasteiger partial charge on any atom is 0.328 e. The molecule has 3 atom stereocenters. The number of phenols is 3. The van der Waals surface area contributed by atoms with E-state index in [4.69, 9.17) is 4.74 Å². The van der Waals surface area contributed by atoms with Crippen molar-refractivity contribution >= 4 is 23.7 Å². The number of hydrogen-bond donors (Lipinski definition) is 6. The first kappa shape index (κ1) is 39.4. The van der Waals surface area contributed by atoms with Crippen LogP contribution in [0.4, 0.5) is 8.78 Å². The second kappa shape index (κ2) is 18.8. The Labute approximate surface area is 314 Å². The third kappa shape index (κ3) is 11.9. The Morgan fingerprint density at radius 2 is 1.16 bits per heavy atom. The molecule has 1 aromatic heterocycles. The number of nitrogens with zero attached hydrogens (tertiary/aromatic N) is 2. The number of carbonyl (C=O) groups is 4. The lowest BCUT2D eigenvalue weighted by Crippen LogP contribution is -2.57. The number of aromatic nitrogens is 2. The Balaban J connectivity index is 1.39. The number of benzene rings is 4. The van der Waals surface area contributed by atoms with Crippen LogP contribution in [-0.2, 0) is 44.9 Å². The number of rotatable bonds is 17. The van der Waals surface area contributed by atoms with Gasteiger partial charge in [-0.1, -0.05) is 36.4 Å². The molecule has 0 spiro atoms. The van der Waals surface area contributed by atoms with Gasteiger partial charge in [0.1, 0.15) is 47.0 Å². The molecule has 286 valence electrons. The highest BCUT2D eigenvalue weighted by molar-refractivity contribution is 5.99. The number of ether oxygens (including phenoxy) is 1. The lowest BCUT2D eigenvalue weighted by Gasteiger charge is -2.25. The summed E-state index contributed by atoms with van der Waals surface area (Å²) in [5, 5.41) is 37.2. The lowest BCUT2D eigenvalue weighted by molar-refractivity contribution is -0.148. The topological polar surface area (TPSA) is 192 Å². The number of nitrogens with one attached hydrogen (secondary N) is 3. The van der Waals surface area contributed by atoms with Gasteiger partial charge >= 0.3 is 5.97 Å². The molecule has 1 heterocycles. The minimum atomic E-state index is -1.41. The summed E-state index contributed by atoms with van der Waals surface area (Å²) in [6, 6.07) is 16.0. The highest BCUT2D eigenvalue weighted by Crippen LogP contribution is 2.17. The predicted octanol–water partition coefficient (Wildman–Crippen LogP) is 3.71. The minimum Gasteiger partial charge on any atom is -0.508 e. The Hall–Kier alpha value is -6.77. The van der Waals surface area contributed by atoms with Crippen molar-refractivity contribution in [2.24, 2.45) is 0 Å². The van der Waals surface area contributed by atoms with Gasteiger partial charge in [-0.15, -0.1) is 0 Å². The van der Waals surface area contributed by atoms with Crippen molar-refractivity contribution < 1.29 is 48.0 Å². The van der Waals surface area contributed by atoms with Crippen LogP contribution in [0.25, 0.3) is 0 Å². The van der Waals surface area contributed by atoms with E-state index >= 15 is 0 Å². The van der Waals surface area contributed by atoms with E-state index in [1.807, 2.05) is 4.57 Å². The normalized spacial score (nSPS) is 12.5. The van der Waals surface area contributed by atoms with E-state index in [0.717, 1.165) is 12.1 Å². The van der Waals surface area contributed by atoms with Crippen molar-refractivity contribution in [3.63, 3.8) is 0 Å². The number of halogens is 2. The van der Waals surface area contributed by atoms with E-state index in [1.54, 1.807) is 30.9 Å². The van der Waals surface area contributed by atoms with Gasteiger partial charge in [0.25, 0.3) is 5.91 Å². The number of aryl methyl sites for hydroxylation is 1. The number of esters is 1. The Kier molecular flexibility index (Phi) is 13.5. The quantitative estimate of drug-likeness (QED) is 0.0607. The first-order valence-corrected chi connectivity index (χ1v) is 17.3. The van der Waals surface area contributed by atoms with Gasteiger partial charge in [-0.05, 0) is 71.6 Å². The zero-order chi connectivity index (χ0) is 39.3. The van der Waals surface area contributed by atoms with Crippen LogP contribution < -0.4 is 16.0 Å². The number of phenolic OH excluding ortho intramolecular Hbond substituents is 3. The van der Waals surface area contributed by atoms with Gasteiger partial charge in [-0.2, -0.15) is 0 Å². The standard InChI is InChI=1S/C40H39F2N5O8/c41-28-8-15-32(33(42)23-28)37(51)44-34(20-25-2-9-29(48)10-3-25)38(52)45-35(21-26-4-11-30(49)12-5-26)39(53)46-36(22-27-6-13-31(50)14-7-27)40(54)55-19-1-17-47-18-16-43-24-47/h2-16,18,23-24,34-36,48-50H,1,17,19-22H2,(H,44,51)(H,45,52)(H,46,53)/t34-,35-,36-/m0/s1. The first-order chi connectivity index (χ1) is 26.4. The summed E-state index contributed by atoms with van der Waals surface area (Å²) in [6.45, 7) is 0.554. The number of aromatic hydroxyl groups is 3. The van der Waals surface area contributed by atoms with E-state index in [0.29, 0.717) is 35.7 Å². The van der Waals surface area contributed by atoms with Gasteiger partial charge in [0, 0.05) is 44.3 Å². The average molecular weight is 756 g/mol. The summed E-state index contributed by atoms with van der Waals surface area (Å²) < 4.78 is 35.5. The van der Waals surface area contributed by atoms with Gasteiger partial charge in [-0.3, -0.25) is 14.4 Å². The SMILES string of the molecule is O=C(N[C@@H](Cc1ccc(O)cc1)C(=O)N[C@@H](Cc1ccc(O)cc1)C(=O)N[C@@H](Cc1ccc(O)cc1)C(=O)OCCCn1ccnc1)c1ccc(F)cc1F. The minimum absolute atomic E-state index is 0.000737.